The van der Waals surface area contributed by atoms with Crippen molar-refractivity contribution in [2.24, 2.45) is 0 Å². The Morgan fingerprint density at radius 1 is 1.33 bits per heavy atom. The third-order valence-corrected chi connectivity index (χ3v) is 2.28. The molecule has 0 aliphatic rings. The molecule has 0 unspecified atom stereocenters. The van der Waals surface area contributed by atoms with Gasteiger partial charge in [-0.1, -0.05) is 30.2 Å². The third kappa shape index (κ3) is 9.29. The SMILES string of the molecule is C#CC/C(F)=C\C=C(/C)C(=O)N/C(C=C=C)=C/C=C(\C)Cl. The summed E-state index contributed by atoms with van der Waals surface area (Å²) in [6.07, 6.45) is 12.1. The normalized spacial score (nSPS) is 13.3. The molecule has 0 aromatic carbocycles. The van der Waals surface area contributed by atoms with E-state index in [0.29, 0.717) is 16.3 Å². The molecular weight excluding hydrogens is 289 g/mol. The van der Waals surface area contributed by atoms with Crippen LogP contribution in [0.15, 0.2) is 64.8 Å². The van der Waals surface area contributed by atoms with Crippen LogP contribution in [0, 0.1) is 12.3 Å². The summed E-state index contributed by atoms with van der Waals surface area (Å²) in [4.78, 5) is 11.9. The first-order valence-corrected chi connectivity index (χ1v) is 6.46. The molecule has 1 amide bonds. The van der Waals surface area contributed by atoms with E-state index < -0.39 is 5.83 Å². The average Bonchev–Trinajstić information content (AvgIpc) is 2.42. The van der Waals surface area contributed by atoms with E-state index in [-0.39, 0.29) is 12.3 Å². The highest BCUT2D eigenvalue weighted by Gasteiger charge is 2.04. The van der Waals surface area contributed by atoms with Gasteiger partial charge in [0.25, 0.3) is 5.91 Å². The molecule has 0 saturated heterocycles. The molecule has 0 atom stereocenters. The Balaban J connectivity index is 5.01. The van der Waals surface area contributed by atoms with Gasteiger partial charge in [-0.25, -0.2) is 4.39 Å². The fourth-order valence-electron chi connectivity index (χ4n) is 1.12. The van der Waals surface area contributed by atoms with Crippen LogP contribution in [0.1, 0.15) is 20.3 Å². The molecule has 0 bridgehead atoms. The van der Waals surface area contributed by atoms with Gasteiger partial charge in [0.2, 0.25) is 0 Å². The molecule has 110 valence electrons. The van der Waals surface area contributed by atoms with E-state index in [1.807, 2.05) is 0 Å². The maximum absolute atomic E-state index is 13.1. The molecular formula is C17H17ClFNO. The molecule has 0 fully saturated rings. The molecule has 1 N–H and O–H groups in total. The van der Waals surface area contributed by atoms with Gasteiger partial charge in [0, 0.05) is 22.4 Å². The van der Waals surface area contributed by atoms with E-state index in [0.717, 1.165) is 0 Å². The third-order valence-electron chi connectivity index (χ3n) is 2.15. The molecule has 4 heteroatoms. The lowest BCUT2D eigenvalue weighted by Crippen LogP contribution is -2.22. The molecule has 0 rings (SSSR count). The van der Waals surface area contributed by atoms with Crippen molar-refractivity contribution in [3.8, 4) is 12.3 Å². The Hall–Kier alpha value is -2.27. The second-order valence-corrected chi connectivity index (χ2v) is 4.62. The fourth-order valence-corrected chi connectivity index (χ4v) is 1.18. The van der Waals surface area contributed by atoms with Crippen molar-refractivity contribution < 1.29 is 9.18 Å². The van der Waals surface area contributed by atoms with Crippen LogP contribution in [-0.4, -0.2) is 5.91 Å². The number of nitrogens with one attached hydrogen (secondary N) is 1. The van der Waals surface area contributed by atoms with Crippen molar-refractivity contribution in [2.75, 3.05) is 0 Å². The Bertz CT molecular complexity index is 593. The molecule has 2 nitrogen and oxygen atoms in total. The zero-order valence-electron chi connectivity index (χ0n) is 12.0. The highest BCUT2D eigenvalue weighted by atomic mass is 35.5. The summed E-state index contributed by atoms with van der Waals surface area (Å²) < 4.78 is 13.1. The number of allylic oxidation sites excluding steroid dienone is 7. The first-order valence-electron chi connectivity index (χ1n) is 6.08. The lowest BCUT2D eigenvalue weighted by Gasteiger charge is -2.04. The number of hydrogen-bond acceptors (Lipinski definition) is 1. The van der Waals surface area contributed by atoms with Crippen molar-refractivity contribution in [2.45, 2.75) is 20.3 Å². The molecule has 0 radical (unpaired) electrons. The van der Waals surface area contributed by atoms with Gasteiger partial charge in [0.15, 0.2) is 0 Å². The second kappa shape index (κ2) is 10.5. The predicted molar refractivity (Wildman–Crippen MR) is 85.9 cm³/mol. The highest BCUT2D eigenvalue weighted by molar-refractivity contribution is 6.29. The molecule has 0 saturated carbocycles. The van der Waals surface area contributed by atoms with Gasteiger partial charge in [0.05, 0.1) is 6.42 Å². The summed E-state index contributed by atoms with van der Waals surface area (Å²) >= 11 is 5.71. The Morgan fingerprint density at radius 3 is 2.52 bits per heavy atom. The Kier molecular flexibility index (Phi) is 9.37. The van der Waals surface area contributed by atoms with Crippen molar-refractivity contribution in [1.82, 2.24) is 5.32 Å². The van der Waals surface area contributed by atoms with Crippen LogP contribution in [0.3, 0.4) is 0 Å². The van der Waals surface area contributed by atoms with E-state index >= 15 is 0 Å². The van der Waals surface area contributed by atoms with Crippen LogP contribution in [0.5, 0.6) is 0 Å². The topological polar surface area (TPSA) is 29.1 Å². The second-order valence-electron chi connectivity index (χ2n) is 4.02. The number of halogens is 2. The minimum Gasteiger partial charge on any atom is -0.322 e. The van der Waals surface area contributed by atoms with Crippen molar-refractivity contribution in [3.63, 3.8) is 0 Å². The summed E-state index contributed by atoms with van der Waals surface area (Å²) in [6.45, 7) is 6.71. The number of terminal acetylenes is 1. The summed E-state index contributed by atoms with van der Waals surface area (Å²) in [7, 11) is 0. The van der Waals surface area contributed by atoms with E-state index in [4.69, 9.17) is 18.0 Å². The van der Waals surface area contributed by atoms with Gasteiger partial charge in [-0.05, 0) is 32.1 Å². The minimum absolute atomic E-state index is 0.102. The zero-order chi connectivity index (χ0) is 16.3. The standard InChI is InChI=1S/C17H17ClFNO/c1-5-7-15(19)11-9-13(3)17(21)20-16(8-6-2)12-10-14(4)18/h1,8-12H,2,7H2,3-4H3,(H,20,21)/b13-9+,14-10+,15-11+,16-12+. The average molecular weight is 306 g/mol. The molecule has 0 aromatic heterocycles. The summed E-state index contributed by atoms with van der Waals surface area (Å²) in [5.74, 6) is 1.32. The van der Waals surface area contributed by atoms with Crippen LogP contribution < -0.4 is 5.32 Å². The first kappa shape index (κ1) is 18.7. The van der Waals surface area contributed by atoms with Crippen molar-refractivity contribution in [3.05, 3.63) is 64.8 Å². The monoisotopic (exact) mass is 305 g/mol. The van der Waals surface area contributed by atoms with Gasteiger partial charge in [0.1, 0.15) is 5.83 Å². The molecule has 21 heavy (non-hydrogen) atoms. The van der Waals surface area contributed by atoms with E-state index in [1.54, 1.807) is 26.0 Å². The van der Waals surface area contributed by atoms with Gasteiger partial charge < -0.3 is 5.32 Å². The number of carbonyl (C=O) groups is 1. The highest BCUT2D eigenvalue weighted by Crippen LogP contribution is 2.05. The van der Waals surface area contributed by atoms with E-state index in [1.165, 1.54) is 18.2 Å². The largest absolute Gasteiger partial charge is 0.322 e. The van der Waals surface area contributed by atoms with Crippen LogP contribution in [-0.2, 0) is 4.79 Å². The van der Waals surface area contributed by atoms with Crippen LogP contribution in [0.2, 0.25) is 0 Å². The minimum atomic E-state index is -0.480. The number of amides is 1. The lowest BCUT2D eigenvalue weighted by molar-refractivity contribution is -0.116. The summed E-state index contributed by atoms with van der Waals surface area (Å²) in [5, 5.41) is 3.19. The fraction of sp³-hybridized carbons (Fsp3) is 0.176. The van der Waals surface area contributed by atoms with Crippen LogP contribution >= 0.6 is 11.6 Å². The first-order chi connectivity index (χ1) is 9.90. The Labute approximate surface area is 130 Å². The van der Waals surface area contributed by atoms with Crippen molar-refractivity contribution in [1.29, 1.82) is 0 Å². The smallest absolute Gasteiger partial charge is 0.251 e. The Morgan fingerprint density at radius 2 is 2.00 bits per heavy atom. The molecule has 0 aliphatic heterocycles. The van der Waals surface area contributed by atoms with Gasteiger partial charge in [-0.15, -0.1) is 12.2 Å². The molecule has 0 aliphatic carbocycles. The van der Waals surface area contributed by atoms with Crippen LogP contribution in [0.25, 0.3) is 0 Å². The maximum Gasteiger partial charge on any atom is 0.251 e. The van der Waals surface area contributed by atoms with Crippen molar-refractivity contribution >= 4 is 17.5 Å². The van der Waals surface area contributed by atoms with E-state index in [9.17, 15) is 9.18 Å². The number of rotatable bonds is 6. The number of carbonyl (C=O) groups excluding carboxylic acids is 1. The molecule has 0 spiro atoms. The predicted octanol–water partition coefficient (Wildman–Crippen LogP) is 4.29. The van der Waals surface area contributed by atoms with Gasteiger partial charge in [-0.2, -0.15) is 0 Å². The molecule has 0 heterocycles. The maximum atomic E-state index is 13.1. The lowest BCUT2D eigenvalue weighted by atomic mass is 10.2. The van der Waals surface area contributed by atoms with Crippen LogP contribution in [0.4, 0.5) is 4.39 Å². The van der Waals surface area contributed by atoms with Gasteiger partial charge >= 0.3 is 0 Å². The van der Waals surface area contributed by atoms with E-state index in [2.05, 4.69) is 23.5 Å². The molecule has 0 aromatic rings. The number of hydrogen-bond donors (Lipinski definition) is 1. The van der Waals surface area contributed by atoms with Gasteiger partial charge in [-0.3, -0.25) is 4.79 Å². The quantitative estimate of drug-likeness (QED) is 0.337. The summed E-state index contributed by atoms with van der Waals surface area (Å²) in [6, 6.07) is 0. The summed E-state index contributed by atoms with van der Waals surface area (Å²) in [5.41, 5.74) is 3.36. The zero-order valence-corrected chi connectivity index (χ0v) is 12.8.